The summed E-state index contributed by atoms with van der Waals surface area (Å²) in [5.74, 6) is 2.34. The Kier molecular flexibility index (Phi) is 5.48. The minimum atomic E-state index is 0.576. The summed E-state index contributed by atoms with van der Waals surface area (Å²) in [5, 5.41) is 6.93. The Hall–Kier alpha value is -3.28. The van der Waals surface area contributed by atoms with E-state index < -0.39 is 0 Å². The van der Waals surface area contributed by atoms with Crippen LogP contribution in [0.15, 0.2) is 24.4 Å². The van der Waals surface area contributed by atoms with Gasteiger partial charge in [-0.05, 0) is 81.5 Å². The molecule has 0 fully saturated rings. The molecule has 0 radical (unpaired) electrons. The van der Waals surface area contributed by atoms with Crippen LogP contribution >= 0.6 is 0 Å². The van der Waals surface area contributed by atoms with Crippen LogP contribution in [0.2, 0.25) is 0 Å². The quantitative estimate of drug-likeness (QED) is 0.573. The van der Waals surface area contributed by atoms with E-state index in [2.05, 4.69) is 80.4 Å². The van der Waals surface area contributed by atoms with Crippen molar-refractivity contribution in [3.8, 4) is 5.75 Å². The van der Waals surface area contributed by atoms with Crippen molar-refractivity contribution in [2.24, 2.45) is 0 Å². The first-order chi connectivity index (χ1) is 14.8. The number of aromatic nitrogens is 2. The van der Waals surface area contributed by atoms with E-state index in [0.717, 1.165) is 51.9 Å². The molecule has 0 amide bonds. The molecule has 0 aliphatic carbocycles. The normalized spacial score (nSPS) is 12.9. The van der Waals surface area contributed by atoms with E-state index in [0.29, 0.717) is 12.6 Å². The molecule has 0 saturated carbocycles. The van der Waals surface area contributed by atoms with Gasteiger partial charge < -0.3 is 20.3 Å². The molecule has 162 valence electrons. The lowest BCUT2D eigenvalue weighted by Gasteiger charge is -2.30. The van der Waals surface area contributed by atoms with E-state index in [-0.39, 0.29) is 0 Å². The summed E-state index contributed by atoms with van der Waals surface area (Å²) >= 11 is 0. The second kappa shape index (κ2) is 8.10. The van der Waals surface area contributed by atoms with Crippen LogP contribution in [0.3, 0.4) is 0 Å². The van der Waals surface area contributed by atoms with Gasteiger partial charge in [-0.25, -0.2) is 4.98 Å². The average molecular weight is 418 g/mol. The van der Waals surface area contributed by atoms with Crippen LogP contribution < -0.4 is 20.3 Å². The Bertz CT molecular complexity index is 1160. The number of anilines is 5. The molecule has 31 heavy (non-hydrogen) atoms. The van der Waals surface area contributed by atoms with Gasteiger partial charge in [-0.1, -0.05) is 6.07 Å². The SMILES string of the molecule is Cc1cnc(Nc2ccc(C)c(C)c2C)nc1Nc1cc2c(c(C)c1C)OCCN2C. The Morgan fingerprint density at radius 2 is 1.61 bits per heavy atom. The molecule has 0 spiro atoms. The van der Waals surface area contributed by atoms with Crippen LogP contribution in [-0.4, -0.2) is 30.2 Å². The summed E-state index contributed by atoms with van der Waals surface area (Å²) in [5.41, 5.74) is 10.2. The topological polar surface area (TPSA) is 62.3 Å². The maximum absolute atomic E-state index is 5.94. The lowest BCUT2D eigenvalue weighted by Crippen LogP contribution is -2.29. The van der Waals surface area contributed by atoms with E-state index in [4.69, 9.17) is 9.72 Å². The largest absolute Gasteiger partial charge is 0.489 e. The van der Waals surface area contributed by atoms with Gasteiger partial charge in [0.2, 0.25) is 5.95 Å². The van der Waals surface area contributed by atoms with Crippen LogP contribution in [0.5, 0.6) is 5.75 Å². The van der Waals surface area contributed by atoms with Gasteiger partial charge in [-0.2, -0.15) is 4.98 Å². The molecule has 0 saturated heterocycles. The van der Waals surface area contributed by atoms with E-state index in [1.165, 1.54) is 16.7 Å². The third-order valence-corrected chi connectivity index (χ3v) is 6.43. The maximum Gasteiger partial charge on any atom is 0.229 e. The summed E-state index contributed by atoms with van der Waals surface area (Å²) < 4.78 is 5.94. The molecule has 1 aliphatic heterocycles. The van der Waals surface area contributed by atoms with E-state index >= 15 is 0 Å². The highest BCUT2D eigenvalue weighted by Gasteiger charge is 2.21. The fourth-order valence-corrected chi connectivity index (χ4v) is 3.84. The first-order valence-corrected chi connectivity index (χ1v) is 10.7. The van der Waals surface area contributed by atoms with Gasteiger partial charge in [0.1, 0.15) is 18.2 Å². The average Bonchev–Trinajstić information content (AvgIpc) is 2.75. The number of aryl methyl sites for hydroxylation is 2. The molecule has 2 heterocycles. The first-order valence-electron chi connectivity index (χ1n) is 10.7. The number of fused-ring (bicyclic) bond motifs is 1. The zero-order valence-corrected chi connectivity index (χ0v) is 19.5. The van der Waals surface area contributed by atoms with Crippen molar-refractivity contribution in [2.45, 2.75) is 41.5 Å². The monoisotopic (exact) mass is 417 g/mol. The van der Waals surface area contributed by atoms with Crippen molar-refractivity contribution in [1.29, 1.82) is 0 Å². The molecule has 0 bridgehead atoms. The van der Waals surface area contributed by atoms with Gasteiger partial charge in [-0.15, -0.1) is 0 Å². The van der Waals surface area contributed by atoms with Gasteiger partial charge in [0.05, 0.1) is 12.2 Å². The first kappa shape index (κ1) is 21.0. The summed E-state index contributed by atoms with van der Waals surface area (Å²) in [7, 11) is 2.10. The minimum absolute atomic E-state index is 0.576. The van der Waals surface area contributed by atoms with Crippen molar-refractivity contribution < 1.29 is 4.74 Å². The maximum atomic E-state index is 5.94. The number of nitrogens with one attached hydrogen (secondary N) is 2. The molecule has 1 aliphatic rings. The van der Waals surface area contributed by atoms with Gasteiger partial charge >= 0.3 is 0 Å². The molecule has 2 aromatic carbocycles. The smallest absolute Gasteiger partial charge is 0.229 e. The van der Waals surface area contributed by atoms with Crippen molar-refractivity contribution >= 4 is 28.8 Å². The number of hydrogen-bond donors (Lipinski definition) is 2. The highest BCUT2D eigenvalue weighted by Crippen LogP contribution is 2.40. The molecule has 3 aromatic rings. The van der Waals surface area contributed by atoms with E-state index in [1.807, 2.05) is 13.1 Å². The van der Waals surface area contributed by atoms with E-state index in [9.17, 15) is 0 Å². The third-order valence-electron chi connectivity index (χ3n) is 6.43. The molecular formula is C25H31N5O. The van der Waals surface area contributed by atoms with Crippen LogP contribution in [-0.2, 0) is 0 Å². The second-order valence-electron chi connectivity index (χ2n) is 8.45. The lowest BCUT2D eigenvalue weighted by molar-refractivity contribution is 0.309. The fraction of sp³-hybridized carbons (Fsp3) is 0.360. The number of likely N-dealkylation sites (N-methyl/N-ethyl adjacent to an activating group) is 1. The van der Waals surface area contributed by atoms with E-state index in [1.54, 1.807) is 0 Å². The number of nitrogens with zero attached hydrogens (tertiary/aromatic N) is 3. The highest BCUT2D eigenvalue weighted by atomic mass is 16.5. The van der Waals surface area contributed by atoms with Gasteiger partial charge in [-0.3, -0.25) is 0 Å². The molecule has 2 N–H and O–H groups in total. The molecule has 6 heteroatoms. The Labute approximate surface area is 184 Å². The molecule has 0 unspecified atom stereocenters. The van der Waals surface area contributed by atoms with Gasteiger partial charge in [0, 0.05) is 30.2 Å². The van der Waals surface area contributed by atoms with Crippen molar-refractivity contribution in [1.82, 2.24) is 9.97 Å². The van der Waals surface area contributed by atoms with Gasteiger partial charge in [0.25, 0.3) is 0 Å². The van der Waals surface area contributed by atoms with Crippen LogP contribution in [0.4, 0.5) is 28.8 Å². The minimum Gasteiger partial charge on any atom is -0.489 e. The standard InChI is InChI=1S/C25H31N5O/c1-14-8-9-20(17(4)16(14)3)28-25-26-13-15(2)24(29-25)27-21-12-22-23(19(6)18(21)5)31-11-10-30(22)7/h8-9,12-13H,10-11H2,1-7H3,(H2,26,27,28,29). The Balaban J connectivity index is 1.67. The lowest BCUT2D eigenvalue weighted by atomic mass is 10.0. The predicted octanol–water partition coefficient (Wildman–Crippen LogP) is 5.64. The van der Waals surface area contributed by atoms with Crippen LogP contribution in [0, 0.1) is 41.5 Å². The number of benzene rings is 2. The number of rotatable bonds is 4. The summed E-state index contributed by atoms with van der Waals surface area (Å²) in [6.07, 6.45) is 1.85. The summed E-state index contributed by atoms with van der Waals surface area (Å²) in [6.45, 7) is 14.2. The molecule has 6 nitrogen and oxygen atoms in total. The Morgan fingerprint density at radius 1 is 0.871 bits per heavy atom. The van der Waals surface area contributed by atoms with Crippen LogP contribution in [0.1, 0.15) is 33.4 Å². The zero-order valence-electron chi connectivity index (χ0n) is 19.5. The summed E-state index contributed by atoms with van der Waals surface area (Å²) in [6, 6.07) is 6.36. The van der Waals surface area contributed by atoms with Crippen molar-refractivity contribution in [3.05, 3.63) is 57.8 Å². The van der Waals surface area contributed by atoms with Crippen molar-refractivity contribution in [2.75, 3.05) is 35.7 Å². The molecule has 1 aromatic heterocycles. The third kappa shape index (κ3) is 3.90. The Morgan fingerprint density at radius 3 is 2.39 bits per heavy atom. The zero-order chi connectivity index (χ0) is 22.3. The summed E-state index contributed by atoms with van der Waals surface area (Å²) in [4.78, 5) is 11.5. The molecular weight excluding hydrogens is 386 g/mol. The molecule has 4 rings (SSSR count). The number of hydrogen-bond acceptors (Lipinski definition) is 6. The second-order valence-corrected chi connectivity index (χ2v) is 8.45. The van der Waals surface area contributed by atoms with Crippen LogP contribution in [0.25, 0.3) is 0 Å². The van der Waals surface area contributed by atoms with Gasteiger partial charge in [0.15, 0.2) is 0 Å². The predicted molar refractivity (Wildman–Crippen MR) is 129 cm³/mol. The number of ether oxygens (including phenoxy) is 1. The fourth-order valence-electron chi connectivity index (χ4n) is 3.84. The molecule has 0 atom stereocenters. The van der Waals surface area contributed by atoms with Crippen molar-refractivity contribution in [3.63, 3.8) is 0 Å². The highest BCUT2D eigenvalue weighted by molar-refractivity contribution is 5.76.